The Labute approximate surface area is 273 Å². The van der Waals surface area contributed by atoms with Crippen LogP contribution in [0.2, 0.25) is 0 Å². The van der Waals surface area contributed by atoms with Crippen LogP contribution in [0.15, 0.2) is 48.5 Å². The van der Waals surface area contributed by atoms with Gasteiger partial charge in [0.1, 0.15) is 17.2 Å². The molecule has 0 aliphatic carbocycles. The highest BCUT2D eigenvalue weighted by molar-refractivity contribution is 5.93. The summed E-state index contributed by atoms with van der Waals surface area (Å²) >= 11 is 0. The molecule has 2 bridgehead atoms. The molecule has 11 heteroatoms. The van der Waals surface area contributed by atoms with Crippen molar-refractivity contribution in [2.75, 3.05) is 19.6 Å². The smallest absolute Gasteiger partial charge is 0.341 e. The van der Waals surface area contributed by atoms with E-state index in [0.29, 0.717) is 44.1 Å². The van der Waals surface area contributed by atoms with Crippen LogP contribution < -0.4 is 5.32 Å². The van der Waals surface area contributed by atoms with E-state index in [1.807, 2.05) is 17.4 Å². The zero-order valence-electron chi connectivity index (χ0n) is 27.5. The number of imidazole rings is 1. The molecule has 6 rings (SSSR count). The summed E-state index contributed by atoms with van der Waals surface area (Å²) in [4.78, 5) is 34.7. The predicted octanol–water partition coefficient (Wildman–Crippen LogP) is 6.84. The predicted molar refractivity (Wildman–Crippen MR) is 172 cm³/mol. The zero-order valence-corrected chi connectivity index (χ0v) is 27.5. The summed E-state index contributed by atoms with van der Waals surface area (Å²) in [5.74, 6) is -1.86. The third kappa shape index (κ3) is 6.27. The van der Waals surface area contributed by atoms with E-state index in [4.69, 9.17) is 4.98 Å². The molecule has 2 aromatic carbocycles. The standard InChI is InChI=1S/C36H45F4N5O2/c1-4-35(5-2,42-32(46)36(38,39)40)33(47)43-18-15-34(16-19-43,25-9-8-10-26(37)21-25)17-20-44-27-13-14-28(44)23-29(22-27)45-24(3)41-30-11-6-7-12-31(30)45/h6-12,21,27-29H,4-5,13-20,22-23H2,1-3H3,(H,42,46)/t27-,28+,29?. The third-order valence-electron chi connectivity index (χ3n) is 11.5. The van der Waals surface area contributed by atoms with Crippen molar-refractivity contribution in [1.29, 1.82) is 0 Å². The van der Waals surface area contributed by atoms with Gasteiger partial charge in [0.05, 0.1) is 11.0 Å². The number of nitrogens with one attached hydrogen (secondary N) is 1. The van der Waals surface area contributed by atoms with Crippen molar-refractivity contribution < 1.29 is 27.2 Å². The number of fused-ring (bicyclic) bond motifs is 3. The number of halogens is 4. The summed E-state index contributed by atoms with van der Waals surface area (Å²) in [7, 11) is 0. The van der Waals surface area contributed by atoms with Gasteiger partial charge in [0.15, 0.2) is 0 Å². The van der Waals surface area contributed by atoms with Crippen LogP contribution in [0, 0.1) is 12.7 Å². The monoisotopic (exact) mass is 655 g/mol. The number of nitrogens with zero attached hydrogens (tertiary/aromatic N) is 4. The first-order chi connectivity index (χ1) is 22.4. The third-order valence-corrected chi connectivity index (χ3v) is 11.5. The average Bonchev–Trinajstić information content (AvgIpc) is 3.52. The van der Waals surface area contributed by atoms with Crippen LogP contribution in [-0.4, -0.2) is 74.6 Å². The molecular weight excluding hydrogens is 610 g/mol. The fourth-order valence-electron chi connectivity index (χ4n) is 8.80. The lowest BCUT2D eigenvalue weighted by atomic mass is 9.70. The number of hydrogen-bond donors (Lipinski definition) is 1. The second kappa shape index (κ2) is 12.9. The maximum atomic E-state index is 14.6. The molecule has 0 radical (unpaired) electrons. The molecule has 2 amide bonds. The molecular formula is C36H45F4N5O2. The number of aromatic nitrogens is 2. The van der Waals surface area contributed by atoms with Gasteiger partial charge < -0.3 is 14.8 Å². The lowest BCUT2D eigenvalue weighted by Crippen LogP contribution is -2.62. The Morgan fingerprint density at radius 3 is 2.23 bits per heavy atom. The molecule has 47 heavy (non-hydrogen) atoms. The summed E-state index contributed by atoms with van der Waals surface area (Å²) in [5.41, 5.74) is 1.09. The number of hydrogen-bond acceptors (Lipinski definition) is 4. The lowest BCUT2D eigenvalue weighted by molar-refractivity contribution is -0.177. The molecule has 3 atom stereocenters. The maximum absolute atomic E-state index is 14.6. The van der Waals surface area contributed by atoms with E-state index < -0.39 is 23.5 Å². The van der Waals surface area contributed by atoms with E-state index in [-0.39, 0.29) is 24.1 Å². The molecule has 3 aliphatic rings. The summed E-state index contributed by atoms with van der Waals surface area (Å²) in [6.07, 6.45) is 1.30. The molecule has 3 aromatic rings. The fraction of sp³-hybridized carbons (Fsp3) is 0.583. The van der Waals surface area contributed by atoms with Crippen LogP contribution in [0.25, 0.3) is 11.0 Å². The molecule has 7 nitrogen and oxygen atoms in total. The number of carbonyl (C=O) groups is 2. The average molecular weight is 656 g/mol. The van der Waals surface area contributed by atoms with Gasteiger partial charge in [-0.25, -0.2) is 9.37 Å². The Morgan fingerprint density at radius 2 is 1.62 bits per heavy atom. The van der Waals surface area contributed by atoms with Gasteiger partial charge in [-0.05, 0) is 106 Å². The summed E-state index contributed by atoms with van der Waals surface area (Å²) in [5, 5.41) is 2.02. The fourth-order valence-corrected chi connectivity index (χ4v) is 8.80. The van der Waals surface area contributed by atoms with Gasteiger partial charge >= 0.3 is 12.1 Å². The van der Waals surface area contributed by atoms with Gasteiger partial charge in [0.25, 0.3) is 0 Å². The molecule has 0 saturated carbocycles. The Hall–Kier alpha value is -3.47. The van der Waals surface area contributed by atoms with Crippen molar-refractivity contribution in [1.82, 2.24) is 24.7 Å². The molecule has 1 N–H and O–H groups in total. The van der Waals surface area contributed by atoms with Crippen LogP contribution in [-0.2, 0) is 15.0 Å². The molecule has 3 saturated heterocycles. The Balaban J connectivity index is 1.18. The van der Waals surface area contributed by atoms with E-state index in [2.05, 4.69) is 34.6 Å². The van der Waals surface area contributed by atoms with Gasteiger partial charge in [-0.3, -0.25) is 14.5 Å². The zero-order chi connectivity index (χ0) is 33.6. The number of piperidine rings is 2. The Morgan fingerprint density at radius 1 is 0.957 bits per heavy atom. The number of aryl methyl sites for hydroxylation is 1. The Bertz CT molecular complexity index is 1590. The van der Waals surface area contributed by atoms with E-state index in [1.54, 1.807) is 30.9 Å². The first-order valence-electron chi connectivity index (χ1n) is 17.0. The maximum Gasteiger partial charge on any atom is 0.471 e. The number of benzene rings is 2. The molecule has 1 aromatic heterocycles. The van der Waals surface area contributed by atoms with Gasteiger partial charge in [0, 0.05) is 31.2 Å². The second-order valence-corrected chi connectivity index (χ2v) is 13.8. The highest BCUT2D eigenvalue weighted by Crippen LogP contribution is 2.45. The number of rotatable bonds is 9. The number of alkyl halides is 3. The highest BCUT2D eigenvalue weighted by Gasteiger charge is 2.49. The molecule has 1 unspecified atom stereocenters. The van der Waals surface area contributed by atoms with Crippen LogP contribution in [0.5, 0.6) is 0 Å². The molecule has 3 fully saturated rings. The molecule has 254 valence electrons. The Kier molecular flexibility index (Phi) is 9.15. The second-order valence-electron chi connectivity index (χ2n) is 13.8. The van der Waals surface area contributed by atoms with Crippen molar-refractivity contribution in [2.24, 2.45) is 0 Å². The van der Waals surface area contributed by atoms with E-state index in [9.17, 15) is 27.2 Å². The van der Waals surface area contributed by atoms with Gasteiger partial charge in [0.2, 0.25) is 5.91 Å². The van der Waals surface area contributed by atoms with Crippen molar-refractivity contribution in [3.8, 4) is 0 Å². The minimum Gasteiger partial charge on any atom is -0.341 e. The molecule has 4 heterocycles. The van der Waals surface area contributed by atoms with Gasteiger partial charge in [-0.1, -0.05) is 38.1 Å². The number of likely N-dealkylation sites (tertiary alicyclic amines) is 1. The first-order valence-corrected chi connectivity index (χ1v) is 17.0. The minimum absolute atomic E-state index is 0.0445. The van der Waals surface area contributed by atoms with Crippen LogP contribution in [0.1, 0.15) is 89.1 Å². The van der Waals surface area contributed by atoms with Crippen molar-refractivity contribution in [3.05, 3.63) is 65.7 Å². The van der Waals surface area contributed by atoms with Crippen LogP contribution in [0.3, 0.4) is 0 Å². The largest absolute Gasteiger partial charge is 0.471 e. The van der Waals surface area contributed by atoms with Crippen molar-refractivity contribution in [2.45, 2.75) is 114 Å². The number of para-hydroxylation sites is 2. The van der Waals surface area contributed by atoms with Crippen molar-refractivity contribution >= 4 is 22.8 Å². The van der Waals surface area contributed by atoms with Gasteiger partial charge in [-0.15, -0.1) is 0 Å². The van der Waals surface area contributed by atoms with Crippen molar-refractivity contribution in [3.63, 3.8) is 0 Å². The summed E-state index contributed by atoms with van der Waals surface area (Å²) in [6.45, 7) is 6.82. The number of carbonyl (C=O) groups excluding carboxylic acids is 2. The highest BCUT2D eigenvalue weighted by atomic mass is 19.4. The molecule has 3 aliphatic heterocycles. The lowest BCUT2D eigenvalue weighted by Gasteiger charge is -2.47. The van der Waals surface area contributed by atoms with Crippen LogP contribution in [0.4, 0.5) is 17.6 Å². The molecule has 0 spiro atoms. The number of amides is 2. The summed E-state index contributed by atoms with van der Waals surface area (Å²) in [6, 6.07) is 16.3. The minimum atomic E-state index is -5.08. The topological polar surface area (TPSA) is 70.5 Å². The van der Waals surface area contributed by atoms with E-state index in [0.717, 1.165) is 55.6 Å². The normalized spacial score (nSPS) is 23.3. The van der Waals surface area contributed by atoms with E-state index in [1.165, 1.54) is 11.6 Å². The van der Waals surface area contributed by atoms with Gasteiger partial charge in [-0.2, -0.15) is 13.2 Å². The van der Waals surface area contributed by atoms with E-state index >= 15 is 0 Å². The SMILES string of the molecule is CCC(CC)(NC(=O)C(F)(F)F)C(=O)N1CCC(CCN2[C@@H]3CC[C@H]2CC(n2c(C)nc4ccccc42)C3)(c2cccc(F)c2)CC1. The quantitative estimate of drug-likeness (QED) is 0.257. The first kappa shape index (κ1) is 33.4. The van der Waals surface area contributed by atoms with Crippen LogP contribution >= 0.6 is 0 Å². The summed E-state index contributed by atoms with van der Waals surface area (Å²) < 4.78 is 56.5.